The zero-order chi connectivity index (χ0) is 18.1. The number of carbonyl (C=O) groups is 2. The van der Waals surface area contributed by atoms with Crippen molar-refractivity contribution in [2.75, 3.05) is 0 Å². The van der Waals surface area contributed by atoms with Crippen LogP contribution in [0.3, 0.4) is 0 Å². The molecule has 7 heteroatoms. The Balaban J connectivity index is 1.49. The fourth-order valence-corrected chi connectivity index (χ4v) is 3.80. The number of thiophene rings is 1. The van der Waals surface area contributed by atoms with Gasteiger partial charge in [0.05, 0.1) is 4.88 Å². The Labute approximate surface area is 153 Å². The van der Waals surface area contributed by atoms with Crippen LogP contribution < -0.4 is 15.6 Å². The van der Waals surface area contributed by atoms with Crippen molar-refractivity contribution in [3.63, 3.8) is 0 Å². The lowest BCUT2D eigenvalue weighted by molar-refractivity contribution is 0.0848. The normalized spacial score (nSPS) is 11.7. The number of fused-ring (bicyclic) bond motifs is 3. The largest absolute Gasteiger partial charge is 0.508 e. The van der Waals surface area contributed by atoms with E-state index in [0.717, 1.165) is 21.8 Å². The molecule has 0 aliphatic carbocycles. The summed E-state index contributed by atoms with van der Waals surface area (Å²) in [6, 6.07) is 15.3. The standard InChI is InChI=1S/C19H14N2O4S/c22-13-5-3-4-11(8-13)18(23)20-21-19(24)16-9-12-10-25-15-7-2-1-6-14(15)17(12)26-16/h1-9,22H,10H2,(H,20,23)(H,21,24). The second-order valence-corrected chi connectivity index (χ2v) is 6.76. The summed E-state index contributed by atoms with van der Waals surface area (Å²) in [6.45, 7) is 0.409. The maximum Gasteiger partial charge on any atom is 0.279 e. The van der Waals surface area contributed by atoms with Gasteiger partial charge in [-0.15, -0.1) is 11.3 Å². The molecule has 2 heterocycles. The highest BCUT2D eigenvalue weighted by Gasteiger charge is 2.22. The van der Waals surface area contributed by atoms with Crippen molar-refractivity contribution in [3.05, 3.63) is 70.6 Å². The van der Waals surface area contributed by atoms with Gasteiger partial charge in [-0.1, -0.05) is 18.2 Å². The molecular formula is C19H14N2O4S. The molecule has 0 spiro atoms. The lowest BCUT2D eigenvalue weighted by atomic mass is 10.1. The van der Waals surface area contributed by atoms with Crippen molar-refractivity contribution in [2.24, 2.45) is 0 Å². The minimum atomic E-state index is -0.510. The van der Waals surface area contributed by atoms with Gasteiger partial charge in [0, 0.05) is 21.6 Å². The molecule has 3 aromatic rings. The molecule has 0 bridgehead atoms. The van der Waals surface area contributed by atoms with Crippen LogP contribution in [-0.2, 0) is 6.61 Å². The Hall–Kier alpha value is -3.32. The lowest BCUT2D eigenvalue weighted by Gasteiger charge is -2.16. The number of phenolic OH excluding ortho intramolecular Hbond substituents is 1. The molecule has 0 saturated heterocycles. The molecular weight excluding hydrogens is 352 g/mol. The number of amides is 2. The van der Waals surface area contributed by atoms with Crippen LogP contribution in [0.2, 0.25) is 0 Å². The molecule has 2 amide bonds. The zero-order valence-corrected chi connectivity index (χ0v) is 14.3. The van der Waals surface area contributed by atoms with Gasteiger partial charge in [-0.25, -0.2) is 0 Å². The van der Waals surface area contributed by atoms with Crippen LogP contribution in [0.5, 0.6) is 11.5 Å². The third-order valence-corrected chi connectivity index (χ3v) is 5.15. The summed E-state index contributed by atoms with van der Waals surface area (Å²) in [5.41, 5.74) is 6.90. The number of hydrazine groups is 1. The van der Waals surface area contributed by atoms with Crippen molar-refractivity contribution < 1.29 is 19.4 Å². The number of phenols is 1. The maximum absolute atomic E-state index is 12.4. The van der Waals surface area contributed by atoms with Gasteiger partial charge in [-0.3, -0.25) is 20.4 Å². The average Bonchev–Trinajstić information content (AvgIpc) is 3.11. The highest BCUT2D eigenvalue weighted by atomic mass is 32.1. The molecule has 26 heavy (non-hydrogen) atoms. The number of rotatable bonds is 2. The number of ether oxygens (including phenoxy) is 1. The van der Waals surface area contributed by atoms with E-state index < -0.39 is 11.8 Å². The van der Waals surface area contributed by atoms with E-state index in [1.807, 2.05) is 24.3 Å². The summed E-state index contributed by atoms with van der Waals surface area (Å²) < 4.78 is 5.69. The van der Waals surface area contributed by atoms with Gasteiger partial charge >= 0.3 is 0 Å². The van der Waals surface area contributed by atoms with Crippen molar-refractivity contribution in [1.82, 2.24) is 10.9 Å². The second-order valence-electron chi connectivity index (χ2n) is 5.71. The molecule has 130 valence electrons. The first kappa shape index (κ1) is 16.2. The van der Waals surface area contributed by atoms with Gasteiger partial charge in [0.15, 0.2) is 0 Å². The topological polar surface area (TPSA) is 87.7 Å². The predicted octanol–water partition coefficient (Wildman–Crippen LogP) is 3.09. The molecule has 0 fully saturated rings. The highest BCUT2D eigenvalue weighted by molar-refractivity contribution is 7.17. The average molecular weight is 366 g/mol. The van der Waals surface area contributed by atoms with Crippen molar-refractivity contribution in [2.45, 2.75) is 6.61 Å². The Kier molecular flexibility index (Phi) is 4.06. The van der Waals surface area contributed by atoms with E-state index >= 15 is 0 Å². The Morgan fingerprint density at radius 1 is 1.00 bits per heavy atom. The number of benzene rings is 2. The Morgan fingerprint density at radius 3 is 2.65 bits per heavy atom. The number of aromatic hydroxyl groups is 1. The van der Waals surface area contributed by atoms with Gasteiger partial charge in [-0.2, -0.15) is 0 Å². The molecule has 1 aromatic heterocycles. The third kappa shape index (κ3) is 3.00. The van der Waals surface area contributed by atoms with Crippen molar-refractivity contribution in [1.29, 1.82) is 0 Å². The van der Waals surface area contributed by atoms with Gasteiger partial charge in [0.1, 0.15) is 18.1 Å². The summed E-state index contributed by atoms with van der Waals surface area (Å²) in [7, 11) is 0. The first-order chi connectivity index (χ1) is 12.6. The molecule has 0 radical (unpaired) electrons. The molecule has 1 aliphatic heterocycles. The fourth-order valence-electron chi connectivity index (χ4n) is 2.71. The second kappa shape index (κ2) is 6.53. The monoisotopic (exact) mass is 366 g/mol. The van der Waals surface area contributed by atoms with E-state index in [1.165, 1.54) is 23.5 Å². The third-order valence-electron chi connectivity index (χ3n) is 3.95. The molecule has 6 nitrogen and oxygen atoms in total. The smallest absolute Gasteiger partial charge is 0.279 e. The maximum atomic E-state index is 12.4. The fraction of sp³-hybridized carbons (Fsp3) is 0.0526. The number of para-hydroxylation sites is 1. The van der Waals surface area contributed by atoms with Gasteiger partial charge in [0.2, 0.25) is 0 Å². The van der Waals surface area contributed by atoms with E-state index in [9.17, 15) is 14.7 Å². The molecule has 0 atom stereocenters. The summed E-state index contributed by atoms with van der Waals surface area (Å²) in [4.78, 5) is 25.9. The van der Waals surface area contributed by atoms with Crippen LogP contribution in [0, 0.1) is 0 Å². The van der Waals surface area contributed by atoms with E-state index in [0.29, 0.717) is 11.5 Å². The lowest BCUT2D eigenvalue weighted by Crippen LogP contribution is -2.41. The van der Waals surface area contributed by atoms with Crippen LogP contribution >= 0.6 is 11.3 Å². The first-order valence-electron chi connectivity index (χ1n) is 7.86. The summed E-state index contributed by atoms with van der Waals surface area (Å²) in [5, 5.41) is 9.41. The van der Waals surface area contributed by atoms with E-state index in [2.05, 4.69) is 10.9 Å². The molecule has 3 N–H and O–H groups in total. The van der Waals surface area contributed by atoms with Crippen molar-refractivity contribution in [3.8, 4) is 21.9 Å². The predicted molar refractivity (Wildman–Crippen MR) is 97.1 cm³/mol. The van der Waals surface area contributed by atoms with Crippen LogP contribution in [0.25, 0.3) is 10.4 Å². The van der Waals surface area contributed by atoms with E-state index in [-0.39, 0.29) is 11.3 Å². The highest BCUT2D eigenvalue weighted by Crippen LogP contribution is 2.42. The van der Waals surface area contributed by atoms with Gasteiger partial charge in [0.25, 0.3) is 11.8 Å². The van der Waals surface area contributed by atoms with Crippen LogP contribution in [0.1, 0.15) is 25.6 Å². The minimum absolute atomic E-state index is 0.0198. The number of carbonyl (C=O) groups excluding carboxylic acids is 2. The molecule has 0 saturated carbocycles. The molecule has 4 rings (SSSR count). The van der Waals surface area contributed by atoms with Crippen molar-refractivity contribution >= 4 is 23.2 Å². The zero-order valence-electron chi connectivity index (χ0n) is 13.5. The SMILES string of the molecule is O=C(NNC(=O)c1cc2c(s1)-c1ccccc1OC2)c1cccc(O)c1. The number of nitrogens with one attached hydrogen (secondary N) is 2. The van der Waals surface area contributed by atoms with Gasteiger partial charge in [-0.05, 0) is 36.4 Å². The van der Waals surface area contributed by atoms with Crippen LogP contribution in [0.15, 0.2) is 54.6 Å². The minimum Gasteiger partial charge on any atom is -0.508 e. The first-order valence-corrected chi connectivity index (χ1v) is 8.68. The quantitative estimate of drug-likeness (QED) is 0.608. The van der Waals surface area contributed by atoms with Crippen LogP contribution in [0.4, 0.5) is 0 Å². The number of hydrogen-bond acceptors (Lipinski definition) is 5. The Morgan fingerprint density at radius 2 is 1.81 bits per heavy atom. The Bertz CT molecular complexity index is 1010. The van der Waals surface area contributed by atoms with Gasteiger partial charge < -0.3 is 9.84 Å². The number of hydrogen-bond donors (Lipinski definition) is 3. The molecule has 0 unspecified atom stereocenters. The summed E-state index contributed by atoms with van der Waals surface area (Å²) in [5.74, 6) is -0.140. The summed E-state index contributed by atoms with van der Waals surface area (Å²) >= 11 is 1.35. The molecule has 1 aliphatic rings. The summed E-state index contributed by atoms with van der Waals surface area (Å²) in [6.07, 6.45) is 0. The van der Waals surface area contributed by atoms with Crippen LogP contribution in [-0.4, -0.2) is 16.9 Å². The van der Waals surface area contributed by atoms with E-state index in [1.54, 1.807) is 18.2 Å². The van der Waals surface area contributed by atoms with E-state index in [4.69, 9.17) is 4.74 Å². The molecule has 2 aromatic carbocycles.